The number of aromatic amines is 1. The summed E-state index contributed by atoms with van der Waals surface area (Å²) in [7, 11) is 0. The van der Waals surface area contributed by atoms with Crippen LogP contribution in [-0.4, -0.2) is 35.6 Å². The third-order valence-corrected chi connectivity index (χ3v) is 2.38. The Labute approximate surface area is 95.5 Å². The zero-order valence-electron chi connectivity index (χ0n) is 9.07. The highest BCUT2D eigenvalue weighted by atomic mass is 16.4. The van der Waals surface area contributed by atoms with E-state index in [0.717, 1.165) is 4.57 Å². The van der Waals surface area contributed by atoms with Gasteiger partial charge >= 0.3 is 11.7 Å². The number of aromatic nitrogens is 5. The summed E-state index contributed by atoms with van der Waals surface area (Å²) >= 11 is 0. The van der Waals surface area contributed by atoms with E-state index in [9.17, 15) is 9.59 Å². The van der Waals surface area contributed by atoms with E-state index in [0.29, 0.717) is 5.82 Å². The quantitative estimate of drug-likeness (QED) is 0.743. The third-order valence-electron chi connectivity index (χ3n) is 2.38. The molecule has 8 heteroatoms. The highest BCUT2D eigenvalue weighted by Gasteiger charge is 2.18. The van der Waals surface area contributed by atoms with Crippen LogP contribution in [0.1, 0.15) is 18.8 Å². The number of nitrogens with zero attached hydrogens (tertiary/aromatic N) is 4. The number of carbonyl (C=O) groups is 1. The zero-order valence-corrected chi connectivity index (χ0v) is 9.07. The molecule has 0 aliphatic rings. The van der Waals surface area contributed by atoms with Gasteiger partial charge in [0.25, 0.3) is 0 Å². The van der Waals surface area contributed by atoms with Gasteiger partial charge in [-0.15, -0.1) is 0 Å². The maximum atomic E-state index is 11.4. The Bertz CT molecular complexity index is 568. The Kier molecular flexibility index (Phi) is 2.77. The Hall–Kier alpha value is -2.38. The van der Waals surface area contributed by atoms with E-state index in [1.165, 1.54) is 0 Å². The van der Waals surface area contributed by atoms with Crippen molar-refractivity contribution in [2.75, 3.05) is 0 Å². The minimum absolute atomic E-state index is 0.316. The molecule has 1 atom stereocenters. The van der Waals surface area contributed by atoms with E-state index in [-0.39, 0.29) is 6.04 Å². The molecule has 0 fully saturated rings. The van der Waals surface area contributed by atoms with Crippen LogP contribution in [0, 0.1) is 0 Å². The molecule has 2 N–H and O–H groups in total. The van der Waals surface area contributed by atoms with Gasteiger partial charge in [0.2, 0.25) is 0 Å². The van der Waals surface area contributed by atoms with Gasteiger partial charge in [0.05, 0.1) is 0 Å². The summed E-state index contributed by atoms with van der Waals surface area (Å²) in [5.74, 6) is -0.761. The van der Waals surface area contributed by atoms with Crippen molar-refractivity contribution >= 4 is 5.97 Å². The number of nitrogens with one attached hydrogen (secondary N) is 1. The molecule has 90 valence electrons. The molecule has 17 heavy (non-hydrogen) atoms. The van der Waals surface area contributed by atoms with Crippen LogP contribution < -0.4 is 5.69 Å². The Morgan fingerprint density at radius 2 is 2.41 bits per heavy atom. The van der Waals surface area contributed by atoms with Crippen LogP contribution in [0.25, 0.3) is 0 Å². The molecule has 8 nitrogen and oxygen atoms in total. The summed E-state index contributed by atoms with van der Waals surface area (Å²) < 4.78 is 2.67. The summed E-state index contributed by atoms with van der Waals surface area (Å²) in [5, 5.41) is 18.8. The van der Waals surface area contributed by atoms with E-state index in [4.69, 9.17) is 5.11 Å². The molecule has 0 aliphatic heterocycles. The largest absolute Gasteiger partial charge is 0.480 e. The second-order valence-electron chi connectivity index (χ2n) is 3.53. The lowest BCUT2D eigenvalue weighted by atomic mass is 10.3. The van der Waals surface area contributed by atoms with E-state index >= 15 is 0 Å². The number of hydrogen-bond donors (Lipinski definition) is 2. The number of rotatable bonds is 4. The number of hydrogen-bond acceptors (Lipinski definition) is 4. The third kappa shape index (κ3) is 2.10. The van der Waals surface area contributed by atoms with Crippen molar-refractivity contribution in [1.29, 1.82) is 0 Å². The molecule has 0 bridgehead atoms. The predicted octanol–water partition coefficient (Wildman–Crippen LogP) is -0.538. The van der Waals surface area contributed by atoms with Crippen LogP contribution in [-0.2, 0) is 11.3 Å². The van der Waals surface area contributed by atoms with Gasteiger partial charge in [-0.1, -0.05) is 0 Å². The minimum atomic E-state index is -1.09. The molecule has 2 rings (SSSR count). The van der Waals surface area contributed by atoms with Gasteiger partial charge < -0.3 is 5.11 Å². The van der Waals surface area contributed by atoms with Gasteiger partial charge in [-0.25, -0.2) is 9.89 Å². The summed E-state index contributed by atoms with van der Waals surface area (Å²) in [4.78, 5) is 22.1. The zero-order chi connectivity index (χ0) is 12.4. The normalized spacial score (nSPS) is 12.5. The fourth-order valence-corrected chi connectivity index (χ4v) is 1.56. The first kappa shape index (κ1) is 11.1. The SMILES string of the molecule is C[C@@H](c1n[nH]c(=O)n1CC(=O)O)n1cccn1. The first-order valence-electron chi connectivity index (χ1n) is 4.95. The standard InChI is InChI=1S/C9H11N5O3/c1-6(14-4-2-3-10-14)8-11-12-9(17)13(8)5-7(15)16/h2-4,6H,5H2,1H3,(H,12,17)(H,15,16)/t6-/m0/s1. The van der Waals surface area contributed by atoms with Crippen molar-refractivity contribution in [1.82, 2.24) is 24.5 Å². The van der Waals surface area contributed by atoms with Crippen molar-refractivity contribution in [2.24, 2.45) is 0 Å². The van der Waals surface area contributed by atoms with Crippen molar-refractivity contribution in [3.05, 3.63) is 34.8 Å². The molecule has 2 heterocycles. The maximum Gasteiger partial charge on any atom is 0.343 e. The highest BCUT2D eigenvalue weighted by molar-refractivity contribution is 5.66. The Morgan fingerprint density at radius 1 is 1.65 bits per heavy atom. The van der Waals surface area contributed by atoms with Crippen LogP contribution in [0.3, 0.4) is 0 Å². The van der Waals surface area contributed by atoms with Gasteiger partial charge in [-0.3, -0.25) is 14.0 Å². The monoisotopic (exact) mass is 237 g/mol. The molecule has 0 saturated carbocycles. The Balaban J connectivity index is 2.39. The lowest BCUT2D eigenvalue weighted by Crippen LogP contribution is -2.25. The molecule has 2 aromatic rings. The van der Waals surface area contributed by atoms with Crippen LogP contribution in [0.5, 0.6) is 0 Å². The number of H-pyrrole nitrogens is 1. The average molecular weight is 237 g/mol. The first-order chi connectivity index (χ1) is 8.09. The number of carboxylic acid groups (broad SMARTS) is 1. The Morgan fingerprint density at radius 3 is 3.00 bits per heavy atom. The van der Waals surface area contributed by atoms with E-state index < -0.39 is 18.2 Å². The van der Waals surface area contributed by atoms with Crippen molar-refractivity contribution in [2.45, 2.75) is 19.5 Å². The van der Waals surface area contributed by atoms with E-state index in [1.54, 1.807) is 30.1 Å². The summed E-state index contributed by atoms with van der Waals surface area (Å²) in [6, 6.07) is 1.42. The molecular weight excluding hydrogens is 226 g/mol. The van der Waals surface area contributed by atoms with Gasteiger partial charge in [0.15, 0.2) is 5.82 Å². The van der Waals surface area contributed by atoms with Crippen molar-refractivity contribution < 1.29 is 9.90 Å². The molecule has 0 amide bonds. The second kappa shape index (κ2) is 4.24. The lowest BCUT2D eigenvalue weighted by Gasteiger charge is -2.11. The van der Waals surface area contributed by atoms with E-state index in [2.05, 4.69) is 15.3 Å². The van der Waals surface area contributed by atoms with E-state index in [1.807, 2.05) is 0 Å². The number of aliphatic carboxylic acids is 1. The maximum absolute atomic E-state index is 11.4. The fourth-order valence-electron chi connectivity index (χ4n) is 1.56. The van der Waals surface area contributed by atoms with Crippen molar-refractivity contribution in [3.63, 3.8) is 0 Å². The summed E-state index contributed by atoms with van der Waals surface area (Å²) in [5.41, 5.74) is -0.540. The minimum Gasteiger partial charge on any atom is -0.480 e. The molecule has 0 spiro atoms. The second-order valence-corrected chi connectivity index (χ2v) is 3.53. The van der Waals surface area contributed by atoms with Gasteiger partial charge in [0, 0.05) is 12.4 Å². The van der Waals surface area contributed by atoms with Crippen LogP contribution in [0.2, 0.25) is 0 Å². The molecule has 0 unspecified atom stereocenters. The van der Waals surface area contributed by atoms with Crippen LogP contribution >= 0.6 is 0 Å². The van der Waals surface area contributed by atoms with Crippen molar-refractivity contribution in [3.8, 4) is 0 Å². The van der Waals surface area contributed by atoms with Gasteiger partial charge in [0.1, 0.15) is 12.6 Å². The molecule has 0 radical (unpaired) electrons. The van der Waals surface area contributed by atoms with Crippen LogP contribution in [0.4, 0.5) is 0 Å². The smallest absolute Gasteiger partial charge is 0.343 e. The fraction of sp³-hybridized carbons (Fsp3) is 0.333. The molecule has 0 saturated heterocycles. The molecular formula is C9H11N5O3. The summed E-state index contributed by atoms with van der Waals surface area (Å²) in [6.45, 7) is 1.36. The number of carboxylic acids is 1. The van der Waals surface area contributed by atoms with Gasteiger partial charge in [-0.05, 0) is 13.0 Å². The highest BCUT2D eigenvalue weighted by Crippen LogP contribution is 2.12. The van der Waals surface area contributed by atoms with Crippen LogP contribution in [0.15, 0.2) is 23.3 Å². The predicted molar refractivity (Wildman–Crippen MR) is 56.5 cm³/mol. The lowest BCUT2D eigenvalue weighted by molar-refractivity contribution is -0.137. The molecule has 0 aliphatic carbocycles. The average Bonchev–Trinajstić information content (AvgIpc) is 2.88. The first-order valence-corrected chi connectivity index (χ1v) is 4.95. The molecule has 2 aromatic heterocycles. The topological polar surface area (TPSA) is 106 Å². The van der Waals surface area contributed by atoms with Gasteiger partial charge in [-0.2, -0.15) is 10.2 Å². The molecule has 0 aromatic carbocycles. The summed E-state index contributed by atoms with van der Waals surface area (Å²) in [6.07, 6.45) is 3.32.